The molecule has 0 heterocycles. The first-order valence-corrected chi connectivity index (χ1v) is 6.32. The van der Waals surface area contributed by atoms with Gasteiger partial charge in [-0.15, -0.1) is 6.58 Å². The largest absolute Gasteiger partial charge is 0.103 e. The highest BCUT2D eigenvalue weighted by Gasteiger charge is 2.17. The Hall–Kier alpha value is -0.260. The Labute approximate surface area is 90.8 Å². The molecular weight excluding hydrogens is 168 g/mol. The third-order valence-corrected chi connectivity index (χ3v) is 3.17. The minimum absolute atomic E-state index is 0.404. The average molecular weight is 196 g/mol. The van der Waals surface area contributed by atoms with Crippen LogP contribution in [0, 0.1) is 5.41 Å². The Morgan fingerprint density at radius 3 is 2.07 bits per heavy atom. The van der Waals surface area contributed by atoms with Crippen molar-refractivity contribution >= 4 is 0 Å². The number of allylic oxidation sites excluding steroid dienone is 1. The molecule has 0 spiro atoms. The standard InChI is InChI=1S/C14H28/c1-5-8-9-10-11-13-14(4,7-3)12-6-2/h7H,3,5-6,8-13H2,1-2,4H3. The van der Waals surface area contributed by atoms with Crippen LogP contribution in [0.5, 0.6) is 0 Å². The van der Waals surface area contributed by atoms with Crippen LogP contribution in [-0.2, 0) is 0 Å². The van der Waals surface area contributed by atoms with E-state index in [0.29, 0.717) is 5.41 Å². The second-order valence-corrected chi connectivity index (χ2v) is 4.77. The second-order valence-electron chi connectivity index (χ2n) is 4.77. The van der Waals surface area contributed by atoms with E-state index in [0.717, 1.165) is 0 Å². The van der Waals surface area contributed by atoms with Crippen molar-refractivity contribution < 1.29 is 0 Å². The molecule has 0 bridgehead atoms. The van der Waals surface area contributed by atoms with E-state index in [2.05, 4.69) is 33.4 Å². The van der Waals surface area contributed by atoms with Gasteiger partial charge in [0.1, 0.15) is 0 Å². The van der Waals surface area contributed by atoms with Gasteiger partial charge in [-0.3, -0.25) is 0 Å². The van der Waals surface area contributed by atoms with Crippen LogP contribution in [-0.4, -0.2) is 0 Å². The van der Waals surface area contributed by atoms with Gasteiger partial charge in [0.15, 0.2) is 0 Å². The first kappa shape index (κ1) is 13.7. The fourth-order valence-electron chi connectivity index (χ4n) is 2.03. The average Bonchev–Trinajstić information content (AvgIpc) is 2.18. The van der Waals surface area contributed by atoms with Gasteiger partial charge >= 0.3 is 0 Å². The predicted octanol–water partition coefficient (Wildman–Crippen LogP) is 5.34. The molecular formula is C14H28. The zero-order valence-electron chi connectivity index (χ0n) is 10.4. The molecule has 0 aliphatic heterocycles. The van der Waals surface area contributed by atoms with Crippen molar-refractivity contribution in [1.82, 2.24) is 0 Å². The molecule has 0 rings (SSSR count). The molecule has 0 nitrogen and oxygen atoms in total. The quantitative estimate of drug-likeness (QED) is 0.345. The number of unbranched alkanes of at least 4 members (excludes halogenated alkanes) is 4. The van der Waals surface area contributed by atoms with Crippen molar-refractivity contribution in [2.45, 2.75) is 72.1 Å². The monoisotopic (exact) mass is 196 g/mol. The van der Waals surface area contributed by atoms with E-state index >= 15 is 0 Å². The first-order valence-electron chi connectivity index (χ1n) is 6.32. The summed E-state index contributed by atoms with van der Waals surface area (Å²) in [6, 6.07) is 0. The maximum absolute atomic E-state index is 3.97. The lowest BCUT2D eigenvalue weighted by atomic mass is 9.81. The lowest BCUT2D eigenvalue weighted by Gasteiger charge is -2.25. The zero-order chi connectivity index (χ0) is 10.9. The van der Waals surface area contributed by atoms with Crippen molar-refractivity contribution in [1.29, 1.82) is 0 Å². The zero-order valence-corrected chi connectivity index (χ0v) is 10.4. The summed E-state index contributed by atoms with van der Waals surface area (Å²) in [5, 5.41) is 0. The fourth-order valence-corrected chi connectivity index (χ4v) is 2.03. The summed E-state index contributed by atoms with van der Waals surface area (Å²) in [7, 11) is 0. The molecule has 0 fully saturated rings. The van der Waals surface area contributed by atoms with Crippen LogP contribution in [0.2, 0.25) is 0 Å². The second kappa shape index (κ2) is 8.08. The first-order chi connectivity index (χ1) is 6.68. The van der Waals surface area contributed by atoms with E-state index in [9.17, 15) is 0 Å². The number of hydrogen-bond acceptors (Lipinski definition) is 0. The maximum Gasteiger partial charge on any atom is -0.0149 e. The molecule has 0 aromatic heterocycles. The normalized spacial score (nSPS) is 15.1. The Morgan fingerprint density at radius 2 is 1.57 bits per heavy atom. The van der Waals surface area contributed by atoms with Crippen LogP contribution in [0.25, 0.3) is 0 Å². The SMILES string of the molecule is C=CC(C)(CCC)CCCCCCC. The predicted molar refractivity (Wildman–Crippen MR) is 66.6 cm³/mol. The van der Waals surface area contributed by atoms with Gasteiger partial charge in [0.2, 0.25) is 0 Å². The molecule has 0 radical (unpaired) electrons. The van der Waals surface area contributed by atoms with Gasteiger partial charge in [0.25, 0.3) is 0 Å². The molecule has 0 heteroatoms. The maximum atomic E-state index is 3.97. The molecule has 1 unspecified atom stereocenters. The van der Waals surface area contributed by atoms with Crippen LogP contribution in [0.3, 0.4) is 0 Å². The topological polar surface area (TPSA) is 0 Å². The highest BCUT2D eigenvalue weighted by atomic mass is 14.2. The molecule has 84 valence electrons. The van der Waals surface area contributed by atoms with Gasteiger partial charge in [0, 0.05) is 0 Å². The van der Waals surface area contributed by atoms with Gasteiger partial charge in [-0.2, -0.15) is 0 Å². The minimum Gasteiger partial charge on any atom is -0.103 e. The van der Waals surface area contributed by atoms with Crippen molar-refractivity contribution in [3.8, 4) is 0 Å². The van der Waals surface area contributed by atoms with Gasteiger partial charge in [0.05, 0.1) is 0 Å². The third kappa shape index (κ3) is 6.23. The molecule has 1 atom stereocenters. The van der Waals surface area contributed by atoms with E-state index in [1.165, 1.54) is 51.4 Å². The van der Waals surface area contributed by atoms with Crippen molar-refractivity contribution in [3.05, 3.63) is 12.7 Å². The summed E-state index contributed by atoms with van der Waals surface area (Å²) >= 11 is 0. The Morgan fingerprint density at radius 1 is 0.929 bits per heavy atom. The summed E-state index contributed by atoms with van der Waals surface area (Å²) in [6.45, 7) is 10.8. The Kier molecular flexibility index (Phi) is 7.93. The van der Waals surface area contributed by atoms with Crippen LogP contribution in [0.1, 0.15) is 72.1 Å². The van der Waals surface area contributed by atoms with Gasteiger partial charge < -0.3 is 0 Å². The van der Waals surface area contributed by atoms with Crippen LogP contribution in [0.15, 0.2) is 12.7 Å². The molecule has 0 amide bonds. The van der Waals surface area contributed by atoms with Crippen molar-refractivity contribution in [2.75, 3.05) is 0 Å². The minimum atomic E-state index is 0.404. The summed E-state index contributed by atoms with van der Waals surface area (Å²) in [6.07, 6.45) is 13.0. The third-order valence-electron chi connectivity index (χ3n) is 3.17. The van der Waals surface area contributed by atoms with Gasteiger partial charge in [-0.25, -0.2) is 0 Å². The highest BCUT2D eigenvalue weighted by Crippen LogP contribution is 2.31. The summed E-state index contributed by atoms with van der Waals surface area (Å²) in [4.78, 5) is 0. The van der Waals surface area contributed by atoms with E-state index in [4.69, 9.17) is 0 Å². The smallest absolute Gasteiger partial charge is 0.0149 e. The molecule has 0 saturated carbocycles. The number of rotatable bonds is 9. The molecule has 0 saturated heterocycles. The summed E-state index contributed by atoms with van der Waals surface area (Å²) < 4.78 is 0. The van der Waals surface area contributed by atoms with Gasteiger partial charge in [-0.1, -0.05) is 65.4 Å². The summed E-state index contributed by atoms with van der Waals surface area (Å²) in [5.41, 5.74) is 0.404. The lowest BCUT2D eigenvalue weighted by molar-refractivity contribution is 0.340. The van der Waals surface area contributed by atoms with Crippen LogP contribution in [0.4, 0.5) is 0 Å². The Balaban J connectivity index is 3.56. The summed E-state index contributed by atoms with van der Waals surface area (Å²) in [5.74, 6) is 0. The van der Waals surface area contributed by atoms with E-state index < -0.39 is 0 Å². The van der Waals surface area contributed by atoms with Crippen LogP contribution >= 0.6 is 0 Å². The highest BCUT2D eigenvalue weighted by molar-refractivity contribution is 4.90. The Bertz CT molecular complexity index is 137. The van der Waals surface area contributed by atoms with Crippen molar-refractivity contribution in [3.63, 3.8) is 0 Å². The lowest BCUT2D eigenvalue weighted by Crippen LogP contribution is -2.12. The van der Waals surface area contributed by atoms with E-state index in [1.807, 2.05) is 0 Å². The van der Waals surface area contributed by atoms with Crippen molar-refractivity contribution in [2.24, 2.45) is 5.41 Å². The molecule has 0 aliphatic rings. The van der Waals surface area contributed by atoms with Crippen LogP contribution < -0.4 is 0 Å². The molecule has 0 N–H and O–H groups in total. The molecule has 0 aromatic rings. The van der Waals surface area contributed by atoms with E-state index in [-0.39, 0.29) is 0 Å². The van der Waals surface area contributed by atoms with E-state index in [1.54, 1.807) is 0 Å². The molecule has 0 aromatic carbocycles. The fraction of sp³-hybridized carbons (Fsp3) is 0.857. The molecule has 0 aliphatic carbocycles. The number of hydrogen-bond donors (Lipinski definition) is 0. The molecule has 14 heavy (non-hydrogen) atoms. The van der Waals surface area contributed by atoms with Gasteiger partial charge in [-0.05, 0) is 18.3 Å².